The summed E-state index contributed by atoms with van der Waals surface area (Å²) < 4.78 is 5.20. The molecule has 4 aliphatic rings. The number of carbonyl (C=O) groups is 4. The Balaban J connectivity index is 1.50. The van der Waals surface area contributed by atoms with Crippen LogP contribution in [-0.2, 0) is 19.2 Å². The highest BCUT2D eigenvalue weighted by Crippen LogP contribution is 2.65. The topological polar surface area (TPSA) is 104 Å². The minimum absolute atomic E-state index is 0.111. The minimum atomic E-state index is -1.94. The number of allylic oxidation sites excluding steroid dienone is 2. The van der Waals surface area contributed by atoms with Gasteiger partial charge in [-0.15, -0.1) is 23.2 Å². The number of methoxy groups -OCH3 is 1. The lowest BCUT2D eigenvalue weighted by Crippen LogP contribution is -2.60. The van der Waals surface area contributed by atoms with Crippen molar-refractivity contribution in [2.24, 2.45) is 17.8 Å². The first-order chi connectivity index (χ1) is 19.5. The van der Waals surface area contributed by atoms with E-state index >= 15 is 0 Å². The van der Waals surface area contributed by atoms with Crippen molar-refractivity contribution in [2.75, 3.05) is 17.5 Å². The van der Waals surface area contributed by atoms with Crippen LogP contribution in [-0.4, -0.2) is 55.9 Å². The number of fused-ring (bicyclic) bond motifs is 4. The predicted molar refractivity (Wildman–Crippen MR) is 157 cm³/mol. The summed E-state index contributed by atoms with van der Waals surface area (Å²) in [6.45, 7) is 3.74. The molecule has 6 atom stereocenters. The van der Waals surface area contributed by atoms with Crippen molar-refractivity contribution in [2.45, 2.75) is 28.5 Å². The molecule has 0 aromatic heterocycles. The van der Waals surface area contributed by atoms with Gasteiger partial charge < -0.3 is 9.84 Å². The zero-order chi connectivity index (χ0) is 29.4. The second-order valence-corrected chi connectivity index (χ2v) is 12.5. The Morgan fingerprint density at radius 3 is 2.39 bits per heavy atom. The van der Waals surface area contributed by atoms with Crippen LogP contribution in [0.15, 0.2) is 60.7 Å². The second-order valence-electron chi connectivity index (χ2n) is 10.7. The first kappa shape index (κ1) is 28.0. The maximum atomic E-state index is 14.0. The normalized spacial score (nSPS) is 32.4. The summed E-state index contributed by atoms with van der Waals surface area (Å²) >= 11 is 17.6. The van der Waals surface area contributed by atoms with Crippen molar-refractivity contribution in [1.82, 2.24) is 4.90 Å². The molecule has 2 aliphatic carbocycles. The average Bonchev–Trinajstić information content (AvgIpc) is 3.30. The molecule has 11 heteroatoms. The van der Waals surface area contributed by atoms with Crippen molar-refractivity contribution in [1.29, 1.82) is 0 Å². The number of phenols is 1. The van der Waals surface area contributed by atoms with Gasteiger partial charge in [0, 0.05) is 5.92 Å². The van der Waals surface area contributed by atoms with Crippen molar-refractivity contribution >= 4 is 74.5 Å². The highest BCUT2D eigenvalue weighted by Gasteiger charge is 2.76. The van der Waals surface area contributed by atoms with Crippen LogP contribution in [0.2, 0.25) is 0 Å². The van der Waals surface area contributed by atoms with Crippen LogP contribution in [0.3, 0.4) is 0 Å². The van der Waals surface area contributed by atoms with Crippen LogP contribution in [0.5, 0.6) is 11.5 Å². The number of likely N-dealkylation sites (tertiary alicyclic amines) is 1. The van der Waals surface area contributed by atoms with Gasteiger partial charge in [0.25, 0.3) is 11.8 Å². The first-order valence-corrected chi connectivity index (χ1v) is 14.9. The second kappa shape index (κ2) is 9.71. The summed E-state index contributed by atoms with van der Waals surface area (Å²) in [7, 11) is 1.41. The highest BCUT2D eigenvalue weighted by atomic mass is 79.9. The van der Waals surface area contributed by atoms with E-state index in [9.17, 15) is 24.3 Å². The van der Waals surface area contributed by atoms with Gasteiger partial charge in [-0.2, -0.15) is 0 Å². The summed E-state index contributed by atoms with van der Waals surface area (Å²) in [6, 6.07) is 11.6. The van der Waals surface area contributed by atoms with Gasteiger partial charge in [-0.1, -0.05) is 58.4 Å². The monoisotopic (exact) mass is 658 g/mol. The Hall–Kier alpha value is -3.14. The Labute approximate surface area is 254 Å². The third-order valence-corrected chi connectivity index (χ3v) is 10.9. The number of hydrogen-bond donors (Lipinski definition) is 1. The van der Waals surface area contributed by atoms with Crippen molar-refractivity contribution in [3.05, 3.63) is 71.8 Å². The number of anilines is 1. The van der Waals surface area contributed by atoms with Crippen molar-refractivity contribution in [3.63, 3.8) is 0 Å². The van der Waals surface area contributed by atoms with Crippen molar-refractivity contribution < 1.29 is 29.0 Å². The smallest absolute Gasteiger partial charge is 0.254 e. The van der Waals surface area contributed by atoms with Gasteiger partial charge in [0.2, 0.25) is 11.8 Å². The van der Waals surface area contributed by atoms with Crippen LogP contribution in [0.4, 0.5) is 5.69 Å². The maximum absolute atomic E-state index is 14.0. The third kappa shape index (κ3) is 3.64. The van der Waals surface area contributed by atoms with Gasteiger partial charge in [0.05, 0.1) is 30.1 Å². The van der Waals surface area contributed by atoms with Crippen molar-refractivity contribution in [3.8, 4) is 11.5 Å². The van der Waals surface area contributed by atoms with Gasteiger partial charge in [0.1, 0.15) is 0 Å². The number of halogens is 3. The SMILES string of the molecule is C=Cc1ccc(N2C(=O)C3CC=C4C(CC5(Cl)C(=O)N(CBr)C(=O)C5(Cl)C4c4ccc(OC)c(O)c4)C3C2=O)cc1. The van der Waals surface area contributed by atoms with E-state index in [0.29, 0.717) is 16.8 Å². The molecule has 6 unspecified atom stereocenters. The van der Waals surface area contributed by atoms with Gasteiger partial charge >= 0.3 is 0 Å². The number of benzene rings is 2. The lowest BCUT2D eigenvalue weighted by Gasteiger charge is -2.50. The molecule has 2 aromatic rings. The quantitative estimate of drug-likeness (QED) is 0.211. The number of phenolic OH excluding ortho intramolecular Hbond substituents is 1. The van der Waals surface area contributed by atoms with Crippen LogP contribution < -0.4 is 9.64 Å². The largest absolute Gasteiger partial charge is 0.504 e. The molecule has 2 aliphatic heterocycles. The standard InChI is InChI=1S/C30H25BrCl2N2O6/c1-3-15-4-7-17(8-5-15)35-25(37)19-10-9-18-20(23(19)26(35)38)13-29(32)27(39)34(14-31)28(40)30(29,33)24(18)16-6-11-22(41-2)21(36)12-16/h3-9,11-12,19-20,23-24,36H,1,10,13-14H2,2H3. The number of carbonyl (C=O) groups excluding carboxylic acids is 4. The van der Waals surface area contributed by atoms with Crippen LogP contribution in [0, 0.1) is 17.8 Å². The third-order valence-electron chi connectivity index (χ3n) is 8.94. The van der Waals surface area contributed by atoms with E-state index in [1.54, 1.807) is 42.5 Å². The summed E-state index contributed by atoms with van der Waals surface area (Å²) in [5, 5.41) is 10.6. The maximum Gasteiger partial charge on any atom is 0.254 e. The number of rotatable bonds is 5. The Morgan fingerprint density at radius 1 is 1.07 bits per heavy atom. The fourth-order valence-electron chi connectivity index (χ4n) is 7.03. The minimum Gasteiger partial charge on any atom is -0.504 e. The number of alkyl halides is 3. The molecule has 212 valence electrons. The number of ether oxygens (including phenoxy) is 1. The van der Waals surface area contributed by atoms with E-state index in [4.69, 9.17) is 27.9 Å². The Bertz CT molecular complexity index is 1560. The number of nitrogens with zero attached hydrogens (tertiary/aromatic N) is 2. The number of imide groups is 2. The van der Waals surface area contributed by atoms with E-state index in [0.717, 1.165) is 10.5 Å². The molecule has 1 saturated carbocycles. The fourth-order valence-corrected chi connectivity index (χ4v) is 8.45. The Kier molecular flexibility index (Phi) is 6.63. The van der Waals surface area contributed by atoms with Crippen LogP contribution >= 0.6 is 39.1 Å². The molecule has 4 amide bonds. The van der Waals surface area contributed by atoms with Gasteiger partial charge in [-0.3, -0.25) is 29.0 Å². The molecule has 2 saturated heterocycles. The zero-order valence-electron chi connectivity index (χ0n) is 21.9. The molecule has 41 heavy (non-hydrogen) atoms. The number of amides is 4. The molecule has 6 rings (SSSR count). The summed E-state index contributed by atoms with van der Waals surface area (Å²) in [4.78, 5) is 53.5. The predicted octanol–water partition coefficient (Wildman–Crippen LogP) is 4.96. The summed E-state index contributed by atoms with van der Waals surface area (Å²) in [5.41, 5.74) is 2.25. The molecule has 0 bridgehead atoms. The molecule has 3 fully saturated rings. The fraction of sp³-hybridized carbons (Fsp3) is 0.333. The van der Waals surface area contributed by atoms with Gasteiger partial charge in [-0.05, 0) is 54.2 Å². The number of aromatic hydroxyl groups is 1. The van der Waals surface area contributed by atoms with E-state index in [1.165, 1.54) is 18.1 Å². The molecule has 1 N–H and O–H groups in total. The molecule has 2 aromatic carbocycles. The molecular weight excluding hydrogens is 635 g/mol. The van der Waals surface area contributed by atoms with E-state index < -0.39 is 51.1 Å². The van der Waals surface area contributed by atoms with Crippen LogP contribution in [0.1, 0.15) is 29.9 Å². The Morgan fingerprint density at radius 2 is 1.78 bits per heavy atom. The first-order valence-electron chi connectivity index (χ1n) is 13.0. The number of hydrogen-bond acceptors (Lipinski definition) is 6. The van der Waals surface area contributed by atoms with E-state index in [-0.39, 0.29) is 35.7 Å². The summed E-state index contributed by atoms with van der Waals surface area (Å²) in [5.74, 6) is -5.14. The molecule has 2 heterocycles. The molecule has 0 spiro atoms. The highest BCUT2D eigenvalue weighted by molar-refractivity contribution is 9.09. The van der Waals surface area contributed by atoms with E-state index in [1.807, 2.05) is 6.08 Å². The molecule has 0 radical (unpaired) electrons. The van der Waals surface area contributed by atoms with Crippen LogP contribution in [0.25, 0.3) is 6.08 Å². The van der Waals surface area contributed by atoms with Gasteiger partial charge in [0.15, 0.2) is 21.2 Å². The zero-order valence-corrected chi connectivity index (χ0v) is 24.9. The average molecular weight is 660 g/mol. The molecular formula is C30H25BrCl2N2O6. The lowest BCUT2D eigenvalue weighted by atomic mass is 9.56. The lowest BCUT2D eigenvalue weighted by molar-refractivity contribution is -0.138. The summed E-state index contributed by atoms with van der Waals surface area (Å²) in [6.07, 6.45) is 3.65. The van der Waals surface area contributed by atoms with Gasteiger partial charge in [-0.25, -0.2) is 0 Å². The molecule has 8 nitrogen and oxygen atoms in total. The van der Waals surface area contributed by atoms with E-state index in [2.05, 4.69) is 22.5 Å².